The minimum Gasteiger partial charge on any atom is -0.252 e. The molecule has 0 aliphatic carbocycles. The smallest absolute Gasteiger partial charge is 0.252 e. The summed E-state index contributed by atoms with van der Waals surface area (Å²) < 4.78 is 21.0. The molecule has 0 radical (unpaired) electrons. The highest BCUT2D eigenvalue weighted by atomic mass is 19.3. The Morgan fingerprint density at radius 1 is 1.83 bits per heavy atom. The molecule has 0 aromatic carbocycles. The van der Waals surface area contributed by atoms with Gasteiger partial charge < -0.3 is 0 Å². The van der Waals surface area contributed by atoms with Crippen LogP contribution in [0.4, 0.5) is 8.92 Å². The molecule has 0 rings (SSSR count). The molecule has 0 heterocycles. The molecule has 0 spiro atoms. The van der Waals surface area contributed by atoms with Gasteiger partial charge in [-0.2, -0.15) is 0 Å². The van der Waals surface area contributed by atoms with Gasteiger partial charge in [0.1, 0.15) is 0 Å². The fraction of sp³-hybridized carbons (Fsp3) is 0.500. The number of carbonyl (C=O) groups excluding carboxylic acids is 1. The Balaban J connectivity index is 2.99. The summed E-state index contributed by atoms with van der Waals surface area (Å²) in [7, 11) is 0. The Morgan fingerprint density at radius 3 is 2.33 bits per heavy atom. The van der Waals surface area contributed by atoms with Crippen LogP contribution >= 0.6 is 0 Å². The average molecular weight is 96.0 g/mol. The van der Waals surface area contributed by atoms with Crippen LogP contribution in [0.15, 0.2) is 0 Å². The fourth-order valence-electron chi connectivity index (χ4n) is 0.0206. The van der Waals surface area contributed by atoms with E-state index in [1.807, 2.05) is 0 Å². The zero-order chi connectivity index (χ0) is 4.99. The molecule has 0 atom stereocenters. The highest BCUT2D eigenvalue weighted by Gasteiger charge is 1.96. The molecule has 6 heavy (non-hydrogen) atoms. The van der Waals surface area contributed by atoms with Crippen LogP contribution in [-0.4, -0.2) is 12.6 Å². The van der Waals surface area contributed by atoms with Crippen molar-refractivity contribution >= 4 is 5.97 Å². The van der Waals surface area contributed by atoms with E-state index >= 15 is 0 Å². The molecule has 0 fully saturated rings. The van der Waals surface area contributed by atoms with Crippen LogP contribution in [0.3, 0.4) is 0 Å². The third-order valence-electron chi connectivity index (χ3n) is 0.195. The summed E-state index contributed by atoms with van der Waals surface area (Å²) in [6.45, 7) is -1.41. The number of hydrogen-bond acceptors (Lipinski definition) is 2. The van der Waals surface area contributed by atoms with Crippen molar-refractivity contribution in [1.29, 1.82) is 0 Å². The van der Waals surface area contributed by atoms with E-state index in [4.69, 9.17) is 0 Å². The second-order valence-electron chi connectivity index (χ2n) is 0.583. The second-order valence-corrected chi connectivity index (χ2v) is 0.583. The van der Waals surface area contributed by atoms with Crippen LogP contribution in [0.2, 0.25) is 0 Å². The minimum atomic E-state index is -1.49. The number of carbonyl (C=O) groups is 1. The van der Waals surface area contributed by atoms with Gasteiger partial charge in [0.25, 0.3) is 0 Å². The first-order chi connectivity index (χ1) is 2.81. The van der Waals surface area contributed by atoms with E-state index in [-0.39, 0.29) is 0 Å². The van der Waals surface area contributed by atoms with Crippen LogP contribution in [0, 0.1) is 0 Å². The van der Waals surface area contributed by atoms with Gasteiger partial charge in [0.15, 0.2) is 6.67 Å². The third kappa shape index (κ3) is 1.63. The monoisotopic (exact) mass is 96.0 g/mol. The van der Waals surface area contributed by atoms with Crippen molar-refractivity contribution < 1.29 is 18.7 Å². The van der Waals surface area contributed by atoms with Crippen molar-refractivity contribution in [3.05, 3.63) is 0 Å². The lowest BCUT2D eigenvalue weighted by Crippen LogP contribution is -1.97. The summed E-state index contributed by atoms with van der Waals surface area (Å²) in [5, 5.41) is 0. The molecular formula is C2H2F2O2. The first-order valence-electron chi connectivity index (χ1n) is 1.18. The van der Waals surface area contributed by atoms with Gasteiger partial charge in [0.2, 0.25) is 0 Å². The fourth-order valence-corrected chi connectivity index (χ4v) is 0.0206. The lowest BCUT2D eigenvalue weighted by atomic mass is 10.8. The summed E-state index contributed by atoms with van der Waals surface area (Å²) in [6.07, 6.45) is 0. The minimum absolute atomic E-state index is 1.41. The van der Waals surface area contributed by atoms with Crippen molar-refractivity contribution in [2.45, 2.75) is 0 Å². The van der Waals surface area contributed by atoms with Gasteiger partial charge in [-0.05, 0) is 0 Å². The Kier molecular flexibility index (Phi) is 2.27. The predicted molar refractivity (Wildman–Crippen MR) is 13.2 cm³/mol. The van der Waals surface area contributed by atoms with Gasteiger partial charge in [-0.25, -0.2) is 9.18 Å². The summed E-state index contributed by atoms with van der Waals surface area (Å²) in [5.74, 6) is -1.49. The van der Waals surface area contributed by atoms with Crippen LogP contribution in [0.5, 0.6) is 0 Å². The molecule has 0 saturated heterocycles. The Morgan fingerprint density at radius 2 is 2.33 bits per heavy atom. The molecule has 0 amide bonds. The number of rotatable bonds is 1. The molecular weight excluding hydrogens is 94.0 g/mol. The molecule has 0 unspecified atom stereocenters. The SMILES string of the molecule is O=C(CF)OF. The lowest BCUT2D eigenvalue weighted by Gasteiger charge is -1.77. The van der Waals surface area contributed by atoms with Crippen molar-refractivity contribution in [3.8, 4) is 0 Å². The summed E-state index contributed by atoms with van der Waals surface area (Å²) >= 11 is 0. The summed E-state index contributed by atoms with van der Waals surface area (Å²) in [4.78, 5) is 11.6. The van der Waals surface area contributed by atoms with Gasteiger partial charge in [-0.3, -0.25) is 4.94 Å². The quantitative estimate of drug-likeness (QED) is 0.471. The third-order valence-corrected chi connectivity index (χ3v) is 0.195. The summed E-state index contributed by atoms with van der Waals surface area (Å²) in [6, 6.07) is 0. The normalized spacial score (nSPS) is 7.67. The van der Waals surface area contributed by atoms with E-state index in [2.05, 4.69) is 4.94 Å². The van der Waals surface area contributed by atoms with Crippen molar-refractivity contribution in [1.82, 2.24) is 0 Å². The molecule has 0 bridgehead atoms. The number of halogens is 2. The van der Waals surface area contributed by atoms with Gasteiger partial charge in [0, 0.05) is 4.53 Å². The molecule has 2 nitrogen and oxygen atoms in total. The highest BCUT2D eigenvalue weighted by molar-refractivity contribution is 5.69. The highest BCUT2D eigenvalue weighted by Crippen LogP contribution is 1.75. The van der Waals surface area contributed by atoms with E-state index in [1.165, 1.54) is 0 Å². The largest absolute Gasteiger partial charge is 0.379 e. The topological polar surface area (TPSA) is 26.3 Å². The van der Waals surface area contributed by atoms with E-state index in [1.54, 1.807) is 0 Å². The van der Waals surface area contributed by atoms with Gasteiger partial charge in [-0.1, -0.05) is 0 Å². The molecule has 0 saturated carbocycles. The van der Waals surface area contributed by atoms with Gasteiger partial charge in [-0.15, -0.1) is 0 Å². The lowest BCUT2D eigenvalue weighted by molar-refractivity contribution is -0.184. The van der Waals surface area contributed by atoms with Gasteiger partial charge in [0.05, 0.1) is 0 Å². The second kappa shape index (κ2) is 2.56. The van der Waals surface area contributed by atoms with E-state index in [0.717, 1.165) is 0 Å². The number of alkyl halides is 1. The Labute approximate surface area is 32.6 Å². The van der Waals surface area contributed by atoms with Crippen molar-refractivity contribution in [2.24, 2.45) is 0 Å². The summed E-state index contributed by atoms with van der Waals surface area (Å²) in [5.41, 5.74) is 0. The standard InChI is InChI=1S/C2H2F2O2/c3-1-2(5)6-4/h1H2. The maximum atomic E-state index is 10.7. The zero-order valence-electron chi connectivity index (χ0n) is 2.78. The average Bonchev–Trinajstić information content (AvgIpc) is 1.65. The molecule has 0 aliphatic heterocycles. The van der Waals surface area contributed by atoms with E-state index < -0.39 is 12.6 Å². The van der Waals surface area contributed by atoms with Crippen molar-refractivity contribution in [3.63, 3.8) is 0 Å². The predicted octanol–water partition coefficient (Wildman–Crippen LogP) is 0.384. The van der Waals surface area contributed by atoms with E-state index in [9.17, 15) is 13.7 Å². The first-order valence-corrected chi connectivity index (χ1v) is 1.18. The molecule has 36 valence electrons. The number of hydrogen-bond donors (Lipinski definition) is 0. The van der Waals surface area contributed by atoms with Gasteiger partial charge >= 0.3 is 5.97 Å². The maximum Gasteiger partial charge on any atom is 0.379 e. The first kappa shape index (κ1) is 5.33. The maximum absolute atomic E-state index is 10.7. The molecule has 0 aromatic rings. The zero-order valence-corrected chi connectivity index (χ0v) is 2.78. The molecule has 0 aromatic heterocycles. The Hall–Kier alpha value is -0.670. The Bertz CT molecular complexity index is 47.5. The van der Waals surface area contributed by atoms with E-state index in [0.29, 0.717) is 0 Å². The van der Waals surface area contributed by atoms with Crippen LogP contribution < -0.4 is 0 Å². The molecule has 0 N–H and O–H groups in total. The molecule has 0 aliphatic rings. The van der Waals surface area contributed by atoms with Crippen LogP contribution in [-0.2, 0) is 9.74 Å². The molecule has 4 heteroatoms. The van der Waals surface area contributed by atoms with Crippen LogP contribution in [0.1, 0.15) is 0 Å². The van der Waals surface area contributed by atoms with Crippen LogP contribution in [0.25, 0.3) is 0 Å². The van der Waals surface area contributed by atoms with Crippen molar-refractivity contribution in [2.75, 3.05) is 6.67 Å².